The second-order valence-electron chi connectivity index (χ2n) is 9.11. The molecule has 5 rings (SSSR count). The molecule has 10 heteroatoms. The molecule has 6 nitrogen and oxygen atoms in total. The lowest BCUT2D eigenvalue weighted by molar-refractivity contribution is -0.139. The highest BCUT2D eigenvalue weighted by Gasteiger charge is 2.33. The van der Waals surface area contributed by atoms with Crippen LogP contribution in [0.2, 0.25) is 10.0 Å². The summed E-state index contributed by atoms with van der Waals surface area (Å²) in [6.07, 6.45) is 1.82. The van der Waals surface area contributed by atoms with Crippen LogP contribution in [-0.4, -0.2) is 21.7 Å². The van der Waals surface area contributed by atoms with Crippen LogP contribution in [0.5, 0.6) is 0 Å². The van der Waals surface area contributed by atoms with E-state index in [1.165, 1.54) is 28.0 Å². The Morgan fingerprint density at radius 3 is 2.49 bits per heavy atom. The molecule has 39 heavy (non-hydrogen) atoms. The molecule has 0 radical (unpaired) electrons. The highest BCUT2D eigenvalue weighted by Crippen LogP contribution is 2.31. The summed E-state index contributed by atoms with van der Waals surface area (Å²) in [6, 6.07) is 12.4. The molecule has 2 aromatic carbocycles. The Kier molecular flexibility index (Phi) is 7.37. The lowest BCUT2D eigenvalue weighted by atomic mass is 9.96. The van der Waals surface area contributed by atoms with Crippen molar-refractivity contribution < 1.29 is 13.9 Å². The van der Waals surface area contributed by atoms with Crippen molar-refractivity contribution in [1.82, 2.24) is 9.13 Å². The fraction of sp³-hybridized carbons (Fsp3) is 0.207. The van der Waals surface area contributed by atoms with E-state index < -0.39 is 17.8 Å². The number of esters is 1. The first-order chi connectivity index (χ1) is 18.6. The maximum Gasteiger partial charge on any atom is 0.338 e. The van der Waals surface area contributed by atoms with E-state index in [4.69, 9.17) is 27.9 Å². The van der Waals surface area contributed by atoms with Crippen LogP contribution in [0.1, 0.15) is 42.4 Å². The molecule has 1 aliphatic heterocycles. The molecule has 0 saturated carbocycles. The monoisotopic (exact) mass is 583 g/mol. The lowest BCUT2D eigenvalue weighted by Crippen LogP contribution is -2.39. The topological polar surface area (TPSA) is 65.6 Å². The Bertz CT molecular complexity index is 1830. The van der Waals surface area contributed by atoms with Gasteiger partial charge in [-0.25, -0.2) is 14.2 Å². The largest absolute Gasteiger partial charge is 0.463 e. The average molecular weight is 585 g/mol. The van der Waals surface area contributed by atoms with Crippen molar-refractivity contribution in [2.75, 3.05) is 6.61 Å². The van der Waals surface area contributed by atoms with E-state index in [-0.39, 0.29) is 17.7 Å². The maximum absolute atomic E-state index is 13.9. The van der Waals surface area contributed by atoms with E-state index in [9.17, 15) is 14.0 Å². The molecule has 1 unspecified atom stereocenters. The van der Waals surface area contributed by atoms with E-state index in [1.807, 2.05) is 36.6 Å². The second kappa shape index (κ2) is 10.6. The van der Waals surface area contributed by atoms with E-state index in [1.54, 1.807) is 38.1 Å². The molecule has 0 N–H and O–H groups in total. The van der Waals surface area contributed by atoms with Gasteiger partial charge in [0.05, 0.1) is 38.5 Å². The van der Waals surface area contributed by atoms with Gasteiger partial charge in [0.15, 0.2) is 4.80 Å². The van der Waals surface area contributed by atoms with E-state index in [2.05, 4.69) is 4.99 Å². The van der Waals surface area contributed by atoms with Crippen molar-refractivity contribution in [2.24, 2.45) is 4.99 Å². The predicted molar refractivity (Wildman–Crippen MR) is 152 cm³/mol. The minimum Gasteiger partial charge on any atom is -0.463 e. The number of hydrogen-bond donors (Lipinski definition) is 0. The summed E-state index contributed by atoms with van der Waals surface area (Å²) >= 11 is 13.6. The van der Waals surface area contributed by atoms with Gasteiger partial charge >= 0.3 is 5.97 Å². The summed E-state index contributed by atoms with van der Waals surface area (Å²) in [6.45, 7) is 7.53. The molecule has 3 heterocycles. The molecule has 2 aromatic heterocycles. The molecule has 0 amide bonds. The summed E-state index contributed by atoms with van der Waals surface area (Å²) in [5.74, 6) is -0.977. The number of fused-ring (bicyclic) bond motifs is 1. The minimum atomic E-state index is -0.799. The van der Waals surface area contributed by atoms with Gasteiger partial charge in [-0.3, -0.25) is 9.36 Å². The Labute approximate surface area is 237 Å². The standard InChI is InChI=1S/C29H24Cl2FN3O3S/c1-5-38-28(37)25-16(3)33-29-35(26(25)18-6-8-20(32)9-7-18)27(36)24(39-29)13-19-12-15(2)34(17(19)4)21-10-11-22(30)23(31)14-21/h6-14,26H,5H2,1-4H3. The fourth-order valence-corrected chi connectivity index (χ4v) is 6.18. The van der Waals surface area contributed by atoms with Gasteiger partial charge in [0.25, 0.3) is 5.56 Å². The third-order valence-corrected chi connectivity index (χ3v) is 8.34. The number of nitrogens with zero attached hydrogens (tertiary/aromatic N) is 3. The summed E-state index contributed by atoms with van der Waals surface area (Å²) < 4.78 is 23.0. The highest BCUT2D eigenvalue weighted by molar-refractivity contribution is 7.07. The van der Waals surface area contributed by atoms with Crippen molar-refractivity contribution in [3.63, 3.8) is 0 Å². The summed E-state index contributed by atoms with van der Waals surface area (Å²) in [4.78, 5) is 31.9. The van der Waals surface area contributed by atoms with Gasteiger partial charge in [0.2, 0.25) is 0 Å². The second-order valence-corrected chi connectivity index (χ2v) is 10.9. The van der Waals surface area contributed by atoms with E-state index in [0.717, 1.165) is 22.6 Å². The normalized spacial score (nSPS) is 15.4. The van der Waals surface area contributed by atoms with Crippen molar-refractivity contribution in [1.29, 1.82) is 0 Å². The first kappa shape index (κ1) is 27.1. The average Bonchev–Trinajstić information content (AvgIpc) is 3.35. The number of aryl methyl sites for hydroxylation is 1. The summed E-state index contributed by atoms with van der Waals surface area (Å²) in [5.41, 5.74) is 4.55. The Hall–Kier alpha value is -3.46. The number of carbonyl (C=O) groups excluding carboxylic acids is 1. The Morgan fingerprint density at radius 1 is 1.10 bits per heavy atom. The van der Waals surface area contributed by atoms with Crippen molar-refractivity contribution in [2.45, 2.75) is 33.7 Å². The molecule has 1 atom stereocenters. The molecule has 1 aliphatic rings. The molecule has 0 aliphatic carbocycles. The van der Waals surface area contributed by atoms with E-state index >= 15 is 0 Å². The van der Waals surface area contributed by atoms with Crippen molar-refractivity contribution in [3.8, 4) is 5.69 Å². The Balaban J connectivity index is 1.68. The number of allylic oxidation sites excluding steroid dienone is 1. The summed E-state index contributed by atoms with van der Waals surface area (Å²) in [7, 11) is 0. The SMILES string of the molecule is CCOC(=O)C1=C(C)N=c2sc(=Cc3cc(C)n(-c4ccc(Cl)c(Cl)c4)c3C)c(=O)n2C1c1ccc(F)cc1. The van der Waals surface area contributed by atoms with Crippen molar-refractivity contribution in [3.05, 3.63) is 118 Å². The van der Waals surface area contributed by atoms with Gasteiger partial charge in [0, 0.05) is 17.1 Å². The number of halogens is 3. The van der Waals surface area contributed by atoms with Crippen LogP contribution >= 0.6 is 34.5 Å². The number of ether oxygens (including phenoxy) is 1. The highest BCUT2D eigenvalue weighted by atomic mass is 35.5. The molecule has 0 fully saturated rings. The third kappa shape index (κ3) is 4.88. The molecule has 0 saturated heterocycles. The van der Waals surface area contributed by atoms with Gasteiger partial charge in [-0.2, -0.15) is 0 Å². The van der Waals surface area contributed by atoms with E-state index in [0.29, 0.717) is 30.6 Å². The Morgan fingerprint density at radius 2 is 1.82 bits per heavy atom. The molecule has 0 bridgehead atoms. The van der Waals surface area contributed by atoms with Gasteiger partial charge in [-0.15, -0.1) is 0 Å². The number of aromatic nitrogens is 2. The van der Waals surface area contributed by atoms with Crippen LogP contribution in [0, 0.1) is 19.7 Å². The number of rotatable bonds is 5. The van der Waals surface area contributed by atoms with Crippen LogP contribution in [0.25, 0.3) is 11.8 Å². The minimum absolute atomic E-state index is 0.171. The van der Waals surface area contributed by atoms with Gasteiger partial charge in [-0.05, 0) is 81.3 Å². The maximum atomic E-state index is 13.9. The fourth-order valence-electron chi connectivity index (χ4n) is 4.85. The number of hydrogen-bond acceptors (Lipinski definition) is 5. The molecule has 200 valence electrons. The van der Waals surface area contributed by atoms with Crippen LogP contribution < -0.4 is 14.9 Å². The zero-order chi connectivity index (χ0) is 28.0. The molecular weight excluding hydrogens is 560 g/mol. The van der Waals surface area contributed by atoms with Crippen molar-refractivity contribution >= 4 is 46.6 Å². The number of thiazole rings is 1. The number of benzene rings is 2. The van der Waals surface area contributed by atoms with Crippen LogP contribution in [0.3, 0.4) is 0 Å². The van der Waals surface area contributed by atoms with Crippen LogP contribution in [0.4, 0.5) is 4.39 Å². The third-order valence-electron chi connectivity index (χ3n) is 6.62. The predicted octanol–water partition coefficient (Wildman–Crippen LogP) is 5.65. The first-order valence-corrected chi connectivity index (χ1v) is 13.8. The number of carbonyl (C=O) groups is 1. The molecule has 4 aromatic rings. The molecular formula is C29H24Cl2FN3O3S. The van der Waals surface area contributed by atoms with Gasteiger partial charge in [-0.1, -0.05) is 46.7 Å². The smallest absolute Gasteiger partial charge is 0.338 e. The first-order valence-electron chi connectivity index (χ1n) is 12.2. The van der Waals surface area contributed by atoms with Crippen LogP contribution in [0.15, 0.2) is 69.6 Å². The van der Waals surface area contributed by atoms with Gasteiger partial charge < -0.3 is 9.30 Å². The summed E-state index contributed by atoms with van der Waals surface area (Å²) in [5, 5.41) is 0.919. The quantitative estimate of drug-likeness (QED) is 0.285. The van der Waals surface area contributed by atoms with Crippen LogP contribution in [-0.2, 0) is 9.53 Å². The zero-order valence-electron chi connectivity index (χ0n) is 21.6. The van der Waals surface area contributed by atoms with Gasteiger partial charge in [0.1, 0.15) is 5.82 Å². The zero-order valence-corrected chi connectivity index (χ0v) is 23.9. The lowest BCUT2D eigenvalue weighted by Gasteiger charge is -2.24. The molecule has 0 spiro atoms.